The SMILES string of the molecule is CC(C)C(NC(=O)C(Cc1ccc(OC(C)(C)C)cc1)NC(=O)C(CCC(=O)OC(C)(C)C)NC(=O)OCc1ccccc1)C(=O)O. The van der Waals surface area contributed by atoms with Gasteiger partial charge in [-0.25, -0.2) is 9.59 Å². The molecule has 0 aliphatic carbocycles. The minimum atomic E-state index is -1.29. The lowest BCUT2D eigenvalue weighted by atomic mass is 10.0. The number of carboxylic acid groups (broad SMARTS) is 1. The number of esters is 1. The van der Waals surface area contributed by atoms with E-state index >= 15 is 0 Å². The third kappa shape index (κ3) is 15.0. The molecule has 47 heavy (non-hydrogen) atoms. The molecular weight excluding hydrogens is 606 g/mol. The molecule has 0 bridgehead atoms. The van der Waals surface area contributed by atoms with E-state index in [1.165, 1.54) is 0 Å². The van der Waals surface area contributed by atoms with Crippen molar-refractivity contribution in [3.8, 4) is 5.75 Å². The predicted octanol–water partition coefficient (Wildman–Crippen LogP) is 4.53. The van der Waals surface area contributed by atoms with Crippen molar-refractivity contribution in [2.24, 2.45) is 5.92 Å². The number of hydrogen-bond acceptors (Lipinski definition) is 8. The summed E-state index contributed by atoms with van der Waals surface area (Å²) in [5.74, 6) is -3.13. The van der Waals surface area contributed by atoms with Gasteiger partial charge in [-0.05, 0) is 77.1 Å². The van der Waals surface area contributed by atoms with Crippen molar-refractivity contribution < 1.29 is 43.3 Å². The molecule has 0 fully saturated rings. The molecule has 0 saturated carbocycles. The number of rotatable bonds is 15. The Hall–Kier alpha value is -4.61. The largest absolute Gasteiger partial charge is 0.488 e. The van der Waals surface area contributed by atoms with Gasteiger partial charge in [0.1, 0.15) is 41.7 Å². The van der Waals surface area contributed by atoms with E-state index < -0.39 is 65.1 Å². The molecule has 4 N–H and O–H groups in total. The smallest absolute Gasteiger partial charge is 0.408 e. The third-order valence-electron chi connectivity index (χ3n) is 6.53. The Bertz CT molecular complexity index is 1350. The van der Waals surface area contributed by atoms with Crippen LogP contribution in [0.15, 0.2) is 54.6 Å². The topological polar surface area (TPSA) is 169 Å². The van der Waals surface area contributed by atoms with Crippen LogP contribution in [0.5, 0.6) is 5.75 Å². The van der Waals surface area contributed by atoms with E-state index in [-0.39, 0.29) is 25.9 Å². The van der Waals surface area contributed by atoms with Gasteiger partial charge >= 0.3 is 18.0 Å². The number of carbonyl (C=O) groups is 5. The van der Waals surface area contributed by atoms with Gasteiger partial charge < -0.3 is 35.3 Å². The number of hydrogen-bond donors (Lipinski definition) is 4. The fourth-order valence-corrected chi connectivity index (χ4v) is 4.36. The molecule has 0 aliphatic rings. The summed E-state index contributed by atoms with van der Waals surface area (Å²) in [5.41, 5.74) is 0.198. The second kappa shape index (κ2) is 17.3. The number of alkyl carbamates (subject to hydrolysis) is 1. The first-order chi connectivity index (χ1) is 21.8. The van der Waals surface area contributed by atoms with Gasteiger partial charge in [-0.1, -0.05) is 56.3 Å². The van der Waals surface area contributed by atoms with Crippen molar-refractivity contribution >= 4 is 29.8 Å². The van der Waals surface area contributed by atoms with Gasteiger partial charge in [-0.3, -0.25) is 14.4 Å². The van der Waals surface area contributed by atoms with E-state index in [1.54, 1.807) is 83.1 Å². The van der Waals surface area contributed by atoms with Gasteiger partial charge in [0.25, 0.3) is 0 Å². The van der Waals surface area contributed by atoms with E-state index in [2.05, 4.69) is 16.0 Å². The quantitative estimate of drug-likeness (QED) is 0.201. The van der Waals surface area contributed by atoms with E-state index in [9.17, 15) is 29.1 Å². The van der Waals surface area contributed by atoms with Crippen LogP contribution < -0.4 is 20.7 Å². The maximum atomic E-state index is 13.7. The highest BCUT2D eigenvalue weighted by molar-refractivity contribution is 5.93. The Labute approximate surface area is 276 Å². The molecule has 2 aromatic carbocycles. The van der Waals surface area contributed by atoms with Gasteiger partial charge in [0.15, 0.2) is 0 Å². The monoisotopic (exact) mass is 655 g/mol. The third-order valence-corrected chi connectivity index (χ3v) is 6.53. The highest BCUT2D eigenvalue weighted by atomic mass is 16.6. The second-order valence-electron chi connectivity index (χ2n) is 13.6. The fraction of sp³-hybridized carbons (Fsp3) is 0.514. The Morgan fingerprint density at radius 3 is 1.87 bits per heavy atom. The molecule has 12 nitrogen and oxygen atoms in total. The summed E-state index contributed by atoms with van der Waals surface area (Å²) in [6.07, 6.45) is -1.28. The molecule has 0 spiro atoms. The molecule has 0 saturated heterocycles. The first-order valence-corrected chi connectivity index (χ1v) is 15.6. The zero-order chi connectivity index (χ0) is 35.4. The van der Waals surface area contributed by atoms with Crippen LogP contribution in [0, 0.1) is 5.92 Å². The summed E-state index contributed by atoms with van der Waals surface area (Å²) in [6.45, 7) is 14.1. The number of amides is 3. The lowest BCUT2D eigenvalue weighted by Crippen LogP contribution is -2.57. The Morgan fingerprint density at radius 2 is 1.34 bits per heavy atom. The predicted molar refractivity (Wildman–Crippen MR) is 175 cm³/mol. The minimum Gasteiger partial charge on any atom is -0.488 e. The molecule has 0 heterocycles. The number of ether oxygens (including phenoxy) is 3. The number of benzene rings is 2. The molecule has 3 amide bonds. The van der Waals surface area contributed by atoms with Gasteiger partial charge in [-0.15, -0.1) is 0 Å². The number of nitrogens with one attached hydrogen (secondary N) is 3. The van der Waals surface area contributed by atoms with E-state index in [0.717, 1.165) is 5.56 Å². The van der Waals surface area contributed by atoms with Crippen molar-refractivity contribution in [3.05, 3.63) is 65.7 Å². The van der Waals surface area contributed by atoms with Crippen molar-refractivity contribution in [3.63, 3.8) is 0 Å². The summed E-state index contributed by atoms with van der Waals surface area (Å²) < 4.78 is 16.5. The fourth-order valence-electron chi connectivity index (χ4n) is 4.36. The van der Waals surface area contributed by atoms with Crippen LogP contribution in [0.25, 0.3) is 0 Å². The Kier molecular flexibility index (Phi) is 14.2. The van der Waals surface area contributed by atoms with Gasteiger partial charge in [0.2, 0.25) is 11.8 Å². The molecule has 0 aromatic heterocycles. The normalized spacial score (nSPS) is 13.5. The van der Waals surface area contributed by atoms with E-state index in [1.807, 2.05) is 26.8 Å². The Balaban J connectivity index is 2.30. The molecule has 12 heteroatoms. The van der Waals surface area contributed by atoms with Crippen molar-refractivity contribution in [1.82, 2.24) is 16.0 Å². The Morgan fingerprint density at radius 1 is 0.745 bits per heavy atom. The van der Waals surface area contributed by atoms with Gasteiger partial charge in [0.05, 0.1) is 0 Å². The summed E-state index contributed by atoms with van der Waals surface area (Å²) in [5, 5.41) is 17.3. The lowest BCUT2D eigenvalue weighted by Gasteiger charge is -2.26. The maximum Gasteiger partial charge on any atom is 0.408 e. The van der Waals surface area contributed by atoms with E-state index in [0.29, 0.717) is 11.3 Å². The summed E-state index contributed by atoms with van der Waals surface area (Å²) in [6, 6.07) is 12.2. The molecule has 0 aliphatic heterocycles. The van der Waals surface area contributed by atoms with Crippen LogP contribution in [0.4, 0.5) is 4.79 Å². The summed E-state index contributed by atoms with van der Waals surface area (Å²) in [7, 11) is 0. The standard InChI is InChI=1S/C35H49N3O9/c1-22(2)29(32(42)43)38-31(41)27(20-23-14-16-25(17-15-23)46-34(3,4)5)36-30(40)26(18-19-28(39)47-35(6,7)8)37-33(44)45-21-24-12-10-9-11-13-24/h9-17,22,26-27,29H,18-21H2,1-8H3,(H,36,40)(H,37,44)(H,38,41)(H,42,43). The average molecular weight is 656 g/mol. The molecule has 2 rings (SSSR count). The summed E-state index contributed by atoms with van der Waals surface area (Å²) in [4.78, 5) is 64.3. The van der Waals surface area contributed by atoms with Crippen LogP contribution in [0.3, 0.4) is 0 Å². The van der Waals surface area contributed by atoms with Crippen molar-refractivity contribution in [2.75, 3.05) is 0 Å². The van der Waals surface area contributed by atoms with Gasteiger partial charge in [0, 0.05) is 12.8 Å². The first-order valence-electron chi connectivity index (χ1n) is 15.6. The second-order valence-corrected chi connectivity index (χ2v) is 13.6. The van der Waals surface area contributed by atoms with Crippen LogP contribution >= 0.6 is 0 Å². The van der Waals surface area contributed by atoms with Crippen LogP contribution in [0.1, 0.15) is 79.4 Å². The van der Waals surface area contributed by atoms with Gasteiger partial charge in [-0.2, -0.15) is 0 Å². The summed E-state index contributed by atoms with van der Waals surface area (Å²) >= 11 is 0. The lowest BCUT2D eigenvalue weighted by molar-refractivity contribution is -0.155. The maximum absolute atomic E-state index is 13.7. The number of carboxylic acids is 1. The van der Waals surface area contributed by atoms with Crippen LogP contribution in [-0.2, 0) is 41.7 Å². The zero-order valence-electron chi connectivity index (χ0n) is 28.5. The minimum absolute atomic E-state index is 0.00492. The zero-order valence-corrected chi connectivity index (χ0v) is 28.5. The highest BCUT2D eigenvalue weighted by Gasteiger charge is 2.32. The van der Waals surface area contributed by atoms with Crippen LogP contribution in [0.2, 0.25) is 0 Å². The van der Waals surface area contributed by atoms with Crippen LogP contribution in [-0.4, -0.2) is 64.3 Å². The number of carbonyl (C=O) groups excluding carboxylic acids is 4. The molecule has 3 atom stereocenters. The van der Waals surface area contributed by atoms with E-state index in [4.69, 9.17) is 14.2 Å². The molecule has 2 aromatic rings. The molecule has 0 radical (unpaired) electrons. The van der Waals surface area contributed by atoms with Crippen molar-refractivity contribution in [2.45, 2.75) is 111 Å². The van der Waals surface area contributed by atoms with Crippen molar-refractivity contribution in [1.29, 1.82) is 0 Å². The average Bonchev–Trinajstić information content (AvgIpc) is 2.95. The molecular formula is C35H49N3O9. The molecule has 258 valence electrons. The highest BCUT2D eigenvalue weighted by Crippen LogP contribution is 2.19. The molecule has 3 unspecified atom stereocenters. The first kappa shape index (κ1) is 38.6. The number of aliphatic carboxylic acids is 1.